The van der Waals surface area contributed by atoms with Crippen LogP contribution in [-0.2, 0) is 138 Å². The number of aromatic hydroxyl groups is 1. The second-order valence-corrected chi connectivity index (χ2v) is 30.9. The summed E-state index contributed by atoms with van der Waals surface area (Å²) in [6.07, 6.45) is 2.03. The Morgan fingerprint density at radius 1 is 0.417 bits per heavy atom. The molecule has 0 bridgehead atoms. The molecule has 0 spiro atoms. The number of para-hydroxylation sites is 1. The van der Waals surface area contributed by atoms with Crippen LogP contribution < -0.4 is 63.6 Å². The molecule has 2 heterocycles. The van der Waals surface area contributed by atoms with Gasteiger partial charge in [0.25, 0.3) is 0 Å². The van der Waals surface area contributed by atoms with E-state index in [-0.39, 0.29) is 181 Å². The molecular formula is C86H129InN14O30S. The number of carboxylic acid groups (broad SMARTS) is 4. The molecule has 0 radical (unpaired) electrons. The summed E-state index contributed by atoms with van der Waals surface area (Å²) < 4.78 is 66.5. The number of hydrogen-bond acceptors (Lipinski definition) is 34. The molecule has 13 N–H and O–H groups in total. The Bertz CT molecular complexity index is 3990. The summed E-state index contributed by atoms with van der Waals surface area (Å²) in [6, 6.07) is 13.2. The maximum atomic E-state index is 14.5. The van der Waals surface area contributed by atoms with Crippen molar-refractivity contribution >= 4 is 126 Å². The molecule has 3 aromatic carbocycles. The number of phenols is 1. The number of aromatic amines is 1. The molecule has 1 aliphatic rings. The van der Waals surface area contributed by atoms with Crippen molar-refractivity contribution in [2.75, 3.05) is 262 Å². The van der Waals surface area contributed by atoms with Gasteiger partial charge in [-0.1, -0.05) is 60.7 Å². The molecule has 5 rings (SSSR count). The predicted octanol–water partition coefficient (Wildman–Crippen LogP) is -7.54. The van der Waals surface area contributed by atoms with Crippen LogP contribution in [-0.4, -0.2) is 436 Å². The molecule has 46 heteroatoms. The van der Waals surface area contributed by atoms with Crippen LogP contribution in [0.1, 0.15) is 42.9 Å². The van der Waals surface area contributed by atoms with Gasteiger partial charge in [-0.2, -0.15) is 11.8 Å². The zero-order valence-electron chi connectivity index (χ0n) is 75.0. The first kappa shape index (κ1) is 115. The Kier molecular flexibility index (Phi) is 61.3. The number of phenolic OH excluding ortho intramolecular Hbond substituents is 1. The fourth-order valence-corrected chi connectivity index (χ4v) is 13.2. The van der Waals surface area contributed by atoms with Crippen LogP contribution in [0.15, 0.2) is 85.1 Å². The van der Waals surface area contributed by atoms with E-state index < -0.39 is 127 Å². The molecule has 132 heavy (non-hydrogen) atoms. The number of aliphatic carboxylic acids is 4. The minimum atomic E-state index is -1.73. The second kappa shape index (κ2) is 70.4. The van der Waals surface area contributed by atoms with Gasteiger partial charge in [0.1, 0.15) is 42.0 Å². The van der Waals surface area contributed by atoms with Crippen molar-refractivity contribution in [3.63, 3.8) is 0 Å². The maximum Gasteiger partial charge on any atom is 3.00 e. The van der Waals surface area contributed by atoms with Gasteiger partial charge in [-0.15, -0.1) is 0 Å². The van der Waals surface area contributed by atoms with Crippen LogP contribution in [0.4, 0.5) is 0 Å². The molecular weight excluding hydrogens is 1850 g/mol. The molecule has 4 aromatic rings. The van der Waals surface area contributed by atoms with Gasteiger partial charge in [0.15, 0.2) is 0 Å². The van der Waals surface area contributed by atoms with Crippen LogP contribution in [0.25, 0.3) is 10.9 Å². The summed E-state index contributed by atoms with van der Waals surface area (Å²) in [4.78, 5) is 178. The first-order valence-electron chi connectivity index (χ1n) is 43.4. The molecule has 1 saturated heterocycles. The minimum Gasteiger partial charge on any atom is -0.549 e. The van der Waals surface area contributed by atoms with Crippen molar-refractivity contribution in [2.24, 2.45) is 5.73 Å². The number of ether oxygens (including phenoxy) is 12. The number of aromatic nitrogens is 1. The van der Waals surface area contributed by atoms with Gasteiger partial charge < -0.3 is 150 Å². The molecule has 6 atom stereocenters. The summed E-state index contributed by atoms with van der Waals surface area (Å²) in [6.45, 7) is 9.31. The van der Waals surface area contributed by atoms with Crippen molar-refractivity contribution < 1.29 is 145 Å². The van der Waals surface area contributed by atoms with E-state index in [0.29, 0.717) is 159 Å². The quantitative estimate of drug-likeness (QED) is 0.0183. The number of carbonyl (C=O) groups is 13. The number of nitrogens with one attached hydrogen (secondary N) is 9. The first-order valence-corrected chi connectivity index (χ1v) is 44.8. The smallest absolute Gasteiger partial charge is 0.549 e. The number of H-pyrrole nitrogens is 1. The van der Waals surface area contributed by atoms with E-state index in [1.807, 2.05) is 0 Å². The fraction of sp³-hybridized carbons (Fsp3) is 0.616. The molecule has 44 nitrogen and oxygen atoms in total. The van der Waals surface area contributed by atoms with E-state index in [4.69, 9.17) is 62.6 Å². The molecule has 0 unspecified atom stereocenters. The number of primary amides is 1. The van der Waals surface area contributed by atoms with E-state index in [1.54, 1.807) is 86.6 Å². The zero-order valence-corrected chi connectivity index (χ0v) is 79.2. The van der Waals surface area contributed by atoms with Gasteiger partial charge >= 0.3 is 31.8 Å². The van der Waals surface area contributed by atoms with E-state index in [2.05, 4.69) is 47.5 Å². The Balaban J connectivity index is 0.0000364. The number of fused-ring (bicyclic) bond motifs is 1. The van der Waals surface area contributed by atoms with Gasteiger partial charge in [-0.3, -0.25) is 67.5 Å². The summed E-state index contributed by atoms with van der Waals surface area (Å²) in [7, 11) is 0. The van der Waals surface area contributed by atoms with Gasteiger partial charge in [-0.25, -0.2) is 0 Å². The average Bonchev–Trinajstić information content (AvgIpc) is 1.67. The maximum absolute atomic E-state index is 14.5. The summed E-state index contributed by atoms with van der Waals surface area (Å²) in [5.74, 6) is -12.2. The summed E-state index contributed by atoms with van der Waals surface area (Å²) in [5.41, 5.74) is 8.05. The Morgan fingerprint density at radius 3 is 1.24 bits per heavy atom. The average molecular weight is 1980 g/mol. The molecule has 9 amide bonds. The largest absolute Gasteiger partial charge is 3.00 e. The Hall–Kier alpha value is -9.31. The van der Waals surface area contributed by atoms with Gasteiger partial charge in [-0.05, 0) is 60.2 Å². The topological polar surface area (TPSA) is 593 Å². The van der Waals surface area contributed by atoms with Crippen molar-refractivity contribution in [3.8, 4) is 5.75 Å². The molecule has 1 aliphatic heterocycles. The van der Waals surface area contributed by atoms with E-state index in [1.165, 1.54) is 43.0 Å². The molecule has 0 aliphatic carbocycles. The Labute approximate surface area is 790 Å². The number of carboxylic acids is 4. The van der Waals surface area contributed by atoms with Crippen LogP contribution >= 0.6 is 11.8 Å². The number of rotatable bonds is 72. The third-order valence-electron chi connectivity index (χ3n) is 19.6. The van der Waals surface area contributed by atoms with Crippen molar-refractivity contribution in [3.05, 3.63) is 102 Å². The third kappa shape index (κ3) is 53.5. The van der Waals surface area contributed by atoms with E-state index >= 15 is 0 Å². The number of nitrogens with zero attached hydrogens (tertiary/aromatic N) is 4. The number of hydrogen-bond donors (Lipinski definition) is 12. The SMILES string of the molecule is CSCC[C@H](NC(=O)[C@H](Cc1c[nH]c2ccccc12)NC(=O)CNC(=O)[C@H](Cc1ccc(O)cc1)NC(=O)[C@H](C)NC(=O)CCOCCOCCOCCOCCOCCOCCOCCOCCOCCOCCOCCOCCNC(=O)CN1CCN(CC(=O)[O-])CCN(CC(=O)[O-])CCN(CC(=O)[O-])CC1)C(=O)N[C@@H](CC(=O)O)C(=O)N[C@@H](Cc1ccccc1)C(N)=O.[111In+3]. The van der Waals surface area contributed by atoms with Gasteiger partial charge in [0.05, 0.1) is 196 Å². The van der Waals surface area contributed by atoms with Crippen LogP contribution in [0, 0.1) is 0 Å². The van der Waals surface area contributed by atoms with E-state index in [9.17, 15) is 87.9 Å². The predicted molar refractivity (Wildman–Crippen MR) is 473 cm³/mol. The van der Waals surface area contributed by atoms with Gasteiger partial charge in [0, 0.05) is 121 Å². The fourth-order valence-electron chi connectivity index (χ4n) is 12.8. The minimum absolute atomic E-state index is 0. The number of carbonyl (C=O) groups excluding carboxylic acids is 12. The molecule has 1 aromatic heterocycles. The van der Waals surface area contributed by atoms with Crippen molar-refractivity contribution in [1.82, 2.24) is 67.1 Å². The van der Waals surface area contributed by atoms with Crippen LogP contribution in [0.3, 0.4) is 0 Å². The number of amides is 9. The first-order chi connectivity index (χ1) is 63.2. The van der Waals surface area contributed by atoms with Gasteiger partial charge in [0.2, 0.25) is 53.2 Å². The van der Waals surface area contributed by atoms with Crippen molar-refractivity contribution in [2.45, 2.75) is 81.7 Å². The number of thioether (sulfide) groups is 1. The molecule has 0 saturated carbocycles. The molecule has 732 valence electrons. The third-order valence-corrected chi connectivity index (χ3v) is 20.3. The van der Waals surface area contributed by atoms with Crippen LogP contribution in [0.5, 0.6) is 5.75 Å². The monoisotopic (exact) mass is 1980 g/mol. The summed E-state index contributed by atoms with van der Waals surface area (Å²) >= 11 is 1.32. The number of nitrogens with two attached hydrogens (primary N) is 1. The molecule has 1 fully saturated rings. The zero-order chi connectivity index (χ0) is 95.0. The second-order valence-electron chi connectivity index (χ2n) is 29.9. The standard InChI is InChI=1S/C86H132N14O30S.In/c1-62(82(114)95-71(53-64-12-14-66(101)15-13-64)83(115)90-57-75(103)92-72(54-65-56-89-68-11-7-6-10-67(65)68)85(117)93-69(17-51-131-2)84(116)96-73(55-77(105)106)86(118)94-70(81(87)113)52-63-8-4-3-5-9-63)91-74(102)16-27-119-29-31-121-33-35-123-37-39-125-41-43-127-45-47-129-49-50-130-48-46-128-44-42-126-40-38-124-36-34-122-32-30-120-28-18-88-76(104)58-97-19-21-98(59-78(107)108)23-25-100(61-80(111)112)26-24-99(22-20-97)60-79(109)110;/h3-15,56,62,69-73,89,101H,16-55,57-61H2,1-2H3,(H2,87,113)(H,88,104)(H,90,115)(H,91,102)(H,92,103)(H,93,117)(H,94,118)(H,95,114)(H,96,116)(H,105,106)(H,107,108)(H,109,110)(H,111,112);/q;+3/p-3/t62-,69-,70-,71-,72-,73-;/m0./s1/i;1-4. The van der Waals surface area contributed by atoms with Crippen molar-refractivity contribution in [1.29, 1.82) is 0 Å². The normalized spacial score (nSPS) is 14.4. The number of benzene rings is 3. The summed E-state index contributed by atoms with van der Waals surface area (Å²) in [5, 5.41) is 75.3. The Morgan fingerprint density at radius 2 is 0.795 bits per heavy atom. The van der Waals surface area contributed by atoms with E-state index in [0.717, 1.165) is 0 Å². The van der Waals surface area contributed by atoms with Crippen LogP contribution in [0.2, 0.25) is 0 Å².